The molecule has 3 rings (SSSR count). The number of hydrogen-bond donors (Lipinski definition) is 2. The average Bonchev–Trinajstić information content (AvgIpc) is 2.80. The molecule has 1 aliphatic rings. The lowest BCUT2D eigenvalue weighted by atomic mass is 10.2. The number of ether oxygens (including phenoxy) is 2. The van der Waals surface area contributed by atoms with Crippen LogP contribution in [0.2, 0.25) is 0 Å². The third-order valence-corrected chi connectivity index (χ3v) is 8.45. The van der Waals surface area contributed by atoms with Gasteiger partial charge in [-0.25, -0.2) is 21.6 Å². The van der Waals surface area contributed by atoms with E-state index in [0.29, 0.717) is 13.1 Å². The van der Waals surface area contributed by atoms with Crippen LogP contribution in [0.3, 0.4) is 0 Å². The summed E-state index contributed by atoms with van der Waals surface area (Å²) in [5, 5.41) is 9.22. The molecule has 2 N–H and O–H groups in total. The zero-order valence-electron chi connectivity index (χ0n) is 18.3. The van der Waals surface area contributed by atoms with Gasteiger partial charge in [0.1, 0.15) is 21.3 Å². The minimum atomic E-state index is -4.31. The summed E-state index contributed by atoms with van der Waals surface area (Å²) in [6.07, 6.45) is 2.44. The summed E-state index contributed by atoms with van der Waals surface area (Å²) in [5.41, 5.74) is -0.256. The van der Waals surface area contributed by atoms with Crippen LogP contribution in [0.1, 0.15) is 36.5 Å². The van der Waals surface area contributed by atoms with Crippen molar-refractivity contribution in [3.63, 3.8) is 0 Å². The van der Waals surface area contributed by atoms with Crippen molar-refractivity contribution in [1.29, 1.82) is 0 Å². The van der Waals surface area contributed by atoms with Gasteiger partial charge in [0.25, 0.3) is 10.0 Å². The fourth-order valence-corrected chi connectivity index (χ4v) is 6.44. The fourth-order valence-electron chi connectivity index (χ4n) is 3.52. The zero-order chi connectivity index (χ0) is 24.2. The molecular weight excluding hydrogens is 472 g/mol. The van der Waals surface area contributed by atoms with Crippen LogP contribution < -0.4 is 14.2 Å². The van der Waals surface area contributed by atoms with Gasteiger partial charge in [-0.05, 0) is 56.2 Å². The maximum atomic E-state index is 13.3. The predicted octanol–water partition coefficient (Wildman–Crippen LogP) is 2.77. The van der Waals surface area contributed by atoms with Crippen molar-refractivity contribution in [3.05, 3.63) is 42.0 Å². The van der Waals surface area contributed by atoms with Gasteiger partial charge < -0.3 is 14.6 Å². The molecule has 0 unspecified atom stereocenters. The van der Waals surface area contributed by atoms with Crippen LogP contribution in [0, 0.1) is 0 Å². The van der Waals surface area contributed by atoms with Crippen LogP contribution in [-0.4, -0.2) is 59.0 Å². The first-order chi connectivity index (χ1) is 15.6. The molecule has 2 aromatic carbocycles. The third-order valence-electron chi connectivity index (χ3n) is 5.13. The maximum Gasteiger partial charge on any atom is 0.335 e. The number of benzene rings is 2. The molecule has 12 heteroatoms. The Morgan fingerprint density at radius 2 is 1.67 bits per heavy atom. The number of rotatable bonds is 9. The van der Waals surface area contributed by atoms with Crippen LogP contribution in [-0.2, 0) is 20.0 Å². The number of piperidine rings is 1. The van der Waals surface area contributed by atoms with Gasteiger partial charge in [-0.3, -0.25) is 4.72 Å². The summed E-state index contributed by atoms with van der Waals surface area (Å²) >= 11 is 0. The van der Waals surface area contributed by atoms with Crippen molar-refractivity contribution in [2.45, 2.75) is 36.0 Å². The average molecular weight is 499 g/mol. The first-order valence-corrected chi connectivity index (χ1v) is 13.2. The van der Waals surface area contributed by atoms with E-state index in [1.807, 2.05) is 0 Å². The van der Waals surface area contributed by atoms with Crippen molar-refractivity contribution in [1.82, 2.24) is 4.31 Å². The van der Waals surface area contributed by atoms with E-state index in [1.54, 1.807) is 6.92 Å². The van der Waals surface area contributed by atoms with Crippen molar-refractivity contribution in [2.24, 2.45) is 0 Å². The van der Waals surface area contributed by atoms with E-state index in [1.165, 1.54) is 41.7 Å². The van der Waals surface area contributed by atoms with Crippen LogP contribution in [0.5, 0.6) is 11.5 Å². The van der Waals surface area contributed by atoms with Crippen LogP contribution in [0.15, 0.2) is 46.2 Å². The normalized spacial score (nSPS) is 15.1. The summed E-state index contributed by atoms with van der Waals surface area (Å²) in [6.45, 7) is 2.70. The molecule has 2 aromatic rings. The van der Waals surface area contributed by atoms with E-state index in [2.05, 4.69) is 4.72 Å². The lowest BCUT2D eigenvalue weighted by Crippen LogP contribution is -2.35. The quantitative estimate of drug-likeness (QED) is 0.538. The van der Waals surface area contributed by atoms with E-state index in [9.17, 15) is 26.7 Å². The molecule has 0 aliphatic carbocycles. The minimum Gasteiger partial charge on any atom is -0.495 e. The zero-order valence-corrected chi connectivity index (χ0v) is 19.9. The SMILES string of the molecule is CCOc1ccc(NS(=O)(=O)c2cc(C(=O)O)ccc2OC)cc1S(=O)(=O)N1CCCCC1. The molecule has 1 aliphatic heterocycles. The Bertz CT molecular complexity index is 1240. The molecule has 0 amide bonds. The van der Waals surface area contributed by atoms with Gasteiger partial charge >= 0.3 is 5.97 Å². The summed E-state index contributed by atoms with van der Waals surface area (Å²) in [7, 11) is -6.97. The lowest BCUT2D eigenvalue weighted by Gasteiger charge is -2.27. The summed E-state index contributed by atoms with van der Waals surface area (Å²) < 4.78 is 66.9. The third kappa shape index (κ3) is 5.40. The molecule has 0 atom stereocenters. The highest BCUT2D eigenvalue weighted by Crippen LogP contribution is 2.33. The van der Waals surface area contributed by atoms with Crippen molar-refractivity contribution < 1.29 is 36.2 Å². The van der Waals surface area contributed by atoms with E-state index < -0.39 is 26.0 Å². The van der Waals surface area contributed by atoms with Crippen molar-refractivity contribution in [3.8, 4) is 11.5 Å². The summed E-state index contributed by atoms with van der Waals surface area (Å²) in [4.78, 5) is 10.8. The van der Waals surface area contributed by atoms with Gasteiger partial charge in [0.2, 0.25) is 10.0 Å². The number of methoxy groups -OCH3 is 1. The molecule has 0 aromatic heterocycles. The number of carbonyl (C=O) groups is 1. The Morgan fingerprint density at radius 1 is 1.00 bits per heavy atom. The monoisotopic (exact) mass is 498 g/mol. The second kappa shape index (κ2) is 9.98. The second-order valence-corrected chi connectivity index (χ2v) is 10.9. The largest absolute Gasteiger partial charge is 0.495 e. The number of sulfonamides is 2. The second-order valence-electron chi connectivity index (χ2n) is 7.34. The Hall–Kier alpha value is -2.83. The first-order valence-electron chi connectivity index (χ1n) is 10.3. The summed E-state index contributed by atoms with van der Waals surface area (Å²) in [6, 6.07) is 7.42. The molecule has 0 spiro atoms. The molecule has 0 radical (unpaired) electrons. The van der Waals surface area contributed by atoms with Crippen LogP contribution in [0.25, 0.3) is 0 Å². The Morgan fingerprint density at radius 3 is 2.27 bits per heavy atom. The molecule has 180 valence electrons. The van der Waals surface area contributed by atoms with Gasteiger partial charge in [-0.1, -0.05) is 6.42 Å². The van der Waals surface area contributed by atoms with E-state index in [4.69, 9.17) is 9.47 Å². The first kappa shape index (κ1) is 24.8. The van der Waals surface area contributed by atoms with E-state index in [0.717, 1.165) is 25.3 Å². The number of aromatic carboxylic acids is 1. The molecule has 33 heavy (non-hydrogen) atoms. The molecule has 1 heterocycles. The fraction of sp³-hybridized carbons (Fsp3) is 0.381. The molecule has 1 fully saturated rings. The topological polar surface area (TPSA) is 139 Å². The van der Waals surface area contributed by atoms with E-state index >= 15 is 0 Å². The number of nitrogens with one attached hydrogen (secondary N) is 1. The Kier molecular flexibility index (Phi) is 7.50. The van der Waals surface area contributed by atoms with E-state index in [-0.39, 0.29) is 39.1 Å². The Balaban J connectivity index is 2.03. The van der Waals surface area contributed by atoms with Gasteiger partial charge in [0.15, 0.2) is 0 Å². The number of nitrogens with zero attached hydrogens (tertiary/aromatic N) is 1. The maximum absolute atomic E-state index is 13.3. The number of anilines is 1. The highest BCUT2D eigenvalue weighted by molar-refractivity contribution is 7.92. The number of hydrogen-bond acceptors (Lipinski definition) is 7. The van der Waals surface area contributed by atoms with Gasteiger partial charge in [-0.15, -0.1) is 0 Å². The highest BCUT2D eigenvalue weighted by Gasteiger charge is 2.30. The van der Waals surface area contributed by atoms with Crippen molar-refractivity contribution >= 4 is 31.7 Å². The molecule has 1 saturated heterocycles. The minimum absolute atomic E-state index is 0.0168. The van der Waals surface area contributed by atoms with Crippen molar-refractivity contribution in [2.75, 3.05) is 31.5 Å². The van der Waals surface area contributed by atoms with Crippen LogP contribution >= 0.6 is 0 Å². The van der Waals surface area contributed by atoms with Crippen LogP contribution in [0.4, 0.5) is 5.69 Å². The molecular formula is C21H26N2O8S2. The Labute approximate surface area is 193 Å². The number of carboxylic acids is 1. The van der Waals surface area contributed by atoms with Gasteiger partial charge in [-0.2, -0.15) is 4.31 Å². The summed E-state index contributed by atoms with van der Waals surface area (Å²) in [5.74, 6) is -1.24. The lowest BCUT2D eigenvalue weighted by molar-refractivity contribution is 0.0696. The van der Waals surface area contributed by atoms with Gasteiger partial charge in [0.05, 0.1) is 25.0 Å². The number of carboxylic acid groups (broad SMARTS) is 1. The molecule has 10 nitrogen and oxygen atoms in total. The highest BCUT2D eigenvalue weighted by atomic mass is 32.2. The molecule has 0 bridgehead atoms. The standard InChI is InChI=1S/C21H26N2O8S2/c1-3-31-18-10-8-16(14-20(18)33(28,29)23-11-5-4-6-12-23)22-32(26,27)19-13-15(21(24)25)7-9-17(19)30-2/h7-10,13-14,22H,3-6,11-12H2,1-2H3,(H,24,25). The molecule has 0 saturated carbocycles. The smallest absolute Gasteiger partial charge is 0.335 e. The van der Waals surface area contributed by atoms with Gasteiger partial charge in [0, 0.05) is 13.1 Å². The predicted molar refractivity (Wildman–Crippen MR) is 121 cm³/mol.